The molecule has 0 radical (unpaired) electrons. The molecular weight excluding hydrogens is 162 g/mol. The van der Waals surface area contributed by atoms with Crippen LogP contribution in [0.25, 0.3) is 4.83 Å². The maximum absolute atomic E-state index is 10.8. The minimum atomic E-state index is -0.422. The van der Waals surface area contributed by atoms with Crippen molar-refractivity contribution in [3.8, 4) is 0 Å². The first kappa shape index (κ1) is 6.36. The van der Waals surface area contributed by atoms with Crippen LogP contribution in [0.1, 0.15) is 10.5 Å². The maximum Gasteiger partial charge on any atom is 0.266 e. The van der Waals surface area contributed by atoms with Gasteiger partial charge in [-0.3, -0.25) is 9.20 Å². The van der Waals surface area contributed by atoms with E-state index in [1.165, 1.54) is 11.3 Å². The zero-order valence-corrected chi connectivity index (χ0v) is 6.34. The van der Waals surface area contributed by atoms with Gasteiger partial charge in [0.05, 0.1) is 6.20 Å². The molecule has 2 N–H and O–H groups in total. The third kappa shape index (κ3) is 0.813. The summed E-state index contributed by atoms with van der Waals surface area (Å²) in [4.78, 5) is 15.6. The average Bonchev–Trinajstić information content (AvgIpc) is 2.41. The second-order valence-electron chi connectivity index (χ2n) is 2.09. The molecule has 0 saturated carbocycles. The first-order chi connectivity index (χ1) is 5.29. The quantitative estimate of drug-likeness (QED) is 0.672. The van der Waals surface area contributed by atoms with Gasteiger partial charge in [0, 0.05) is 5.38 Å². The lowest BCUT2D eigenvalue weighted by molar-refractivity contribution is 0.0995. The van der Waals surface area contributed by atoms with E-state index in [4.69, 9.17) is 5.73 Å². The first-order valence-corrected chi connectivity index (χ1v) is 3.86. The lowest BCUT2D eigenvalue weighted by atomic mass is 10.5. The molecule has 2 rings (SSSR count). The number of imidazole rings is 1. The van der Waals surface area contributed by atoms with Crippen LogP contribution in [-0.2, 0) is 0 Å². The van der Waals surface area contributed by atoms with Gasteiger partial charge in [-0.1, -0.05) is 0 Å². The van der Waals surface area contributed by atoms with Gasteiger partial charge in [0.25, 0.3) is 5.91 Å². The summed E-state index contributed by atoms with van der Waals surface area (Å²) in [6.07, 6.45) is 3.27. The van der Waals surface area contributed by atoms with E-state index in [2.05, 4.69) is 4.98 Å². The molecule has 0 unspecified atom stereocenters. The number of fused-ring (bicyclic) bond motifs is 1. The van der Waals surface area contributed by atoms with Crippen LogP contribution in [0.4, 0.5) is 0 Å². The molecule has 0 saturated heterocycles. The molecule has 0 aliphatic heterocycles. The van der Waals surface area contributed by atoms with E-state index in [0.717, 1.165) is 4.83 Å². The third-order valence-electron chi connectivity index (χ3n) is 1.41. The largest absolute Gasteiger partial charge is 0.364 e. The van der Waals surface area contributed by atoms with Crippen LogP contribution in [0.15, 0.2) is 17.9 Å². The molecule has 0 atom stereocenters. The van der Waals surface area contributed by atoms with Crippen molar-refractivity contribution >= 4 is 22.1 Å². The topological polar surface area (TPSA) is 60.4 Å². The molecule has 0 aromatic carbocycles. The van der Waals surface area contributed by atoms with Gasteiger partial charge in [-0.05, 0) is 0 Å². The molecule has 0 bridgehead atoms. The monoisotopic (exact) mass is 167 g/mol. The van der Waals surface area contributed by atoms with Crippen LogP contribution in [0, 0.1) is 0 Å². The number of rotatable bonds is 1. The molecule has 2 aromatic rings. The minimum absolute atomic E-state index is 0.422. The van der Waals surface area contributed by atoms with E-state index in [-0.39, 0.29) is 0 Å². The highest BCUT2D eigenvalue weighted by Crippen LogP contribution is 2.14. The average molecular weight is 167 g/mol. The second kappa shape index (κ2) is 2.06. The zero-order chi connectivity index (χ0) is 7.84. The normalized spacial score (nSPS) is 10.5. The molecule has 0 aliphatic rings. The van der Waals surface area contributed by atoms with Gasteiger partial charge in [0.2, 0.25) is 0 Å². The van der Waals surface area contributed by atoms with Crippen molar-refractivity contribution in [3.63, 3.8) is 0 Å². The molecular formula is C6H5N3OS. The minimum Gasteiger partial charge on any atom is -0.364 e. The van der Waals surface area contributed by atoms with Crippen LogP contribution in [-0.4, -0.2) is 15.3 Å². The summed E-state index contributed by atoms with van der Waals surface area (Å²) >= 11 is 1.45. The van der Waals surface area contributed by atoms with Crippen molar-refractivity contribution in [1.82, 2.24) is 9.38 Å². The van der Waals surface area contributed by atoms with Gasteiger partial charge >= 0.3 is 0 Å². The summed E-state index contributed by atoms with van der Waals surface area (Å²) < 4.78 is 1.67. The van der Waals surface area contributed by atoms with Crippen LogP contribution in [0.5, 0.6) is 0 Å². The van der Waals surface area contributed by atoms with Crippen molar-refractivity contribution in [3.05, 3.63) is 23.6 Å². The molecule has 0 spiro atoms. The van der Waals surface area contributed by atoms with Gasteiger partial charge in [-0.15, -0.1) is 11.3 Å². The fraction of sp³-hybridized carbons (Fsp3) is 0. The number of aromatic nitrogens is 2. The summed E-state index contributed by atoms with van der Waals surface area (Å²) in [7, 11) is 0. The standard InChI is InChI=1S/C6H5N3OS/c7-6(10)4-2-11-5-1-8-3-9(4)5/h1-3H,(H2,7,10). The Morgan fingerprint density at radius 2 is 2.55 bits per heavy atom. The molecule has 4 nitrogen and oxygen atoms in total. The maximum atomic E-state index is 10.8. The Bertz CT molecular complexity index is 403. The van der Waals surface area contributed by atoms with Gasteiger partial charge in [-0.2, -0.15) is 0 Å². The summed E-state index contributed by atoms with van der Waals surface area (Å²) in [5.41, 5.74) is 5.59. The number of hydrogen-bond acceptors (Lipinski definition) is 3. The van der Waals surface area contributed by atoms with E-state index in [1.807, 2.05) is 0 Å². The fourth-order valence-electron chi connectivity index (χ4n) is 0.901. The summed E-state index contributed by atoms with van der Waals surface area (Å²) in [5.74, 6) is -0.422. The highest BCUT2D eigenvalue weighted by atomic mass is 32.1. The van der Waals surface area contributed by atoms with Crippen LogP contribution < -0.4 is 5.73 Å². The Labute approximate surface area is 66.3 Å². The number of carbonyl (C=O) groups excluding carboxylic acids is 1. The van der Waals surface area contributed by atoms with E-state index < -0.39 is 5.91 Å². The molecule has 2 aromatic heterocycles. The Morgan fingerprint density at radius 3 is 3.27 bits per heavy atom. The number of amides is 1. The molecule has 5 heteroatoms. The predicted molar refractivity (Wildman–Crippen MR) is 41.6 cm³/mol. The van der Waals surface area contributed by atoms with Crippen LogP contribution in [0.2, 0.25) is 0 Å². The van der Waals surface area contributed by atoms with Gasteiger partial charge in [0.1, 0.15) is 16.9 Å². The number of nitrogens with zero attached hydrogens (tertiary/aromatic N) is 2. The van der Waals surface area contributed by atoms with Gasteiger partial charge in [0.15, 0.2) is 0 Å². The zero-order valence-electron chi connectivity index (χ0n) is 5.52. The summed E-state index contributed by atoms with van der Waals surface area (Å²) in [5, 5.41) is 1.72. The number of nitrogens with two attached hydrogens (primary N) is 1. The molecule has 56 valence electrons. The Kier molecular flexibility index (Phi) is 1.19. The predicted octanol–water partition coefficient (Wildman–Crippen LogP) is 0.495. The molecule has 1 amide bonds. The molecule has 2 heterocycles. The van der Waals surface area contributed by atoms with Gasteiger partial charge in [-0.25, -0.2) is 4.98 Å². The van der Waals surface area contributed by atoms with E-state index >= 15 is 0 Å². The van der Waals surface area contributed by atoms with Crippen LogP contribution >= 0.6 is 11.3 Å². The third-order valence-corrected chi connectivity index (χ3v) is 2.29. The van der Waals surface area contributed by atoms with Crippen molar-refractivity contribution in [2.75, 3.05) is 0 Å². The lowest BCUT2D eigenvalue weighted by Crippen LogP contribution is -2.12. The Hall–Kier alpha value is -1.36. The number of primary amides is 1. The summed E-state index contributed by atoms with van der Waals surface area (Å²) in [6.45, 7) is 0. The van der Waals surface area contributed by atoms with E-state index in [0.29, 0.717) is 5.69 Å². The number of hydrogen-bond donors (Lipinski definition) is 1. The molecule has 11 heavy (non-hydrogen) atoms. The Morgan fingerprint density at radius 1 is 1.73 bits per heavy atom. The first-order valence-electron chi connectivity index (χ1n) is 2.98. The van der Waals surface area contributed by atoms with Gasteiger partial charge < -0.3 is 5.73 Å². The molecule has 0 fully saturated rings. The van der Waals surface area contributed by atoms with Crippen molar-refractivity contribution in [2.24, 2.45) is 5.73 Å². The number of thiazole rings is 1. The highest BCUT2D eigenvalue weighted by molar-refractivity contribution is 7.15. The lowest BCUT2D eigenvalue weighted by Gasteiger charge is -1.88. The fourth-order valence-corrected chi connectivity index (χ4v) is 1.74. The Balaban J connectivity index is 2.78. The second-order valence-corrected chi connectivity index (χ2v) is 2.98. The van der Waals surface area contributed by atoms with Crippen molar-refractivity contribution in [2.45, 2.75) is 0 Å². The molecule has 0 aliphatic carbocycles. The van der Waals surface area contributed by atoms with E-state index in [9.17, 15) is 4.79 Å². The smallest absolute Gasteiger partial charge is 0.266 e. The highest BCUT2D eigenvalue weighted by Gasteiger charge is 2.07. The van der Waals surface area contributed by atoms with Crippen LogP contribution in [0.3, 0.4) is 0 Å². The SMILES string of the molecule is NC(=O)c1csc2cncn12. The number of carbonyl (C=O) groups is 1. The van der Waals surface area contributed by atoms with E-state index in [1.54, 1.807) is 22.3 Å². The van der Waals surface area contributed by atoms with Crippen molar-refractivity contribution in [1.29, 1.82) is 0 Å². The summed E-state index contributed by atoms with van der Waals surface area (Å²) in [6, 6.07) is 0. The van der Waals surface area contributed by atoms with Crippen molar-refractivity contribution < 1.29 is 4.79 Å².